The number of benzene rings is 2. The summed E-state index contributed by atoms with van der Waals surface area (Å²) in [6.07, 6.45) is -1.32. The number of hydrogen-bond donors (Lipinski definition) is 0. The van der Waals surface area contributed by atoms with Crippen molar-refractivity contribution in [2.24, 2.45) is 5.92 Å². The summed E-state index contributed by atoms with van der Waals surface area (Å²) in [6.45, 7) is 9.14. The second-order valence-corrected chi connectivity index (χ2v) is 10.8. The van der Waals surface area contributed by atoms with Gasteiger partial charge < -0.3 is 9.64 Å². The van der Waals surface area contributed by atoms with E-state index in [1.807, 2.05) is 58.0 Å². The standard InChI is InChI=1S/C25H33NO5S/c1-18-11-13-22(14-12-18)32(28,29)31-19(2)21-15-16-26(24(27)30-25(3,4)5)23(17-21)20-9-7-6-8-10-20/h6-14,19,21,23H,15-17H2,1-5H3/i19D. The molecule has 32 heavy (non-hydrogen) atoms. The Morgan fingerprint density at radius 3 is 2.34 bits per heavy atom. The van der Waals surface area contributed by atoms with Crippen molar-refractivity contribution in [1.82, 2.24) is 4.90 Å². The van der Waals surface area contributed by atoms with Gasteiger partial charge in [0.05, 0.1) is 18.4 Å². The van der Waals surface area contributed by atoms with Gasteiger partial charge in [0.25, 0.3) is 10.1 Å². The van der Waals surface area contributed by atoms with Crippen molar-refractivity contribution in [3.8, 4) is 0 Å². The SMILES string of the molecule is [2H]C(C)(OS(=O)(=O)c1ccc(C)cc1)C1CCN(C(=O)OC(C)(C)C)C(c2ccccc2)C1. The van der Waals surface area contributed by atoms with Gasteiger partial charge in [0, 0.05) is 6.54 Å². The van der Waals surface area contributed by atoms with E-state index in [1.165, 1.54) is 19.1 Å². The van der Waals surface area contributed by atoms with Crippen molar-refractivity contribution in [2.45, 2.75) is 70.1 Å². The van der Waals surface area contributed by atoms with Crippen LogP contribution in [-0.2, 0) is 19.0 Å². The number of carbonyl (C=O) groups excluding carboxylic acids is 1. The fourth-order valence-electron chi connectivity index (χ4n) is 3.86. The minimum atomic E-state index is -4.11. The molecule has 1 heterocycles. The molecule has 1 aliphatic heterocycles. The summed E-state index contributed by atoms with van der Waals surface area (Å²) in [5.74, 6) is -0.415. The lowest BCUT2D eigenvalue weighted by Crippen LogP contribution is -2.45. The highest BCUT2D eigenvalue weighted by atomic mass is 32.2. The first-order valence-electron chi connectivity index (χ1n) is 11.4. The van der Waals surface area contributed by atoms with Gasteiger partial charge in [-0.05, 0) is 71.1 Å². The van der Waals surface area contributed by atoms with Gasteiger partial charge in [-0.2, -0.15) is 8.42 Å². The van der Waals surface area contributed by atoms with E-state index >= 15 is 0 Å². The molecule has 1 amide bonds. The Labute approximate surface area is 193 Å². The van der Waals surface area contributed by atoms with Crippen molar-refractivity contribution < 1.29 is 23.5 Å². The molecule has 3 unspecified atom stereocenters. The summed E-state index contributed by atoms with van der Waals surface area (Å²) < 4.78 is 45.6. The number of piperidine rings is 1. The zero-order chi connectivity index (χ0) is 24.4. The predicted molar refractivity (Wildman–Crippen MR) is 124 cm³/mol. The minimum absolute atomic E-state index is 0.0253. The molecule has 0 spiro atoms. The molecule has 3 rings (SSSR count). The first-order chi connectivity index (χ1) is 15.3. The van der Waals surface area contributed by atoms with Gasteiger partial charge in [0.1, 0.15) is 5.60 Å². The molecule has 0 saturated carbocycles. The molecule has 6 nitrogen and oxygen atoms in total. The van der Waals surface area contributed by atoms with Crippen LogP contribution in [0.4, 0.5) is 4.79 Å². The molecular weight excluding hydrogens is 426 g/mol. The van der Waals surface area contributed by atoms with E-state index in [4.69, 9.17) is 10.3 Å². The van der Waals surface area contributed by atoms with Crippen molar-refractivity contribution in [3.63, 3.8) is 0 Å². The number of likely N-dealkylation sites (tertiary alicyclic amines) is 1. The largest absolute Gasteiger partial charge is 0.444 e. The molecule has 0 aliphatic carbocycles. The molecule has 3 atom stereocenters. The highest BCUT2D eigenvalue weighted by molar-refractivity contribution is 7.86. The lowest BCUT2D eigenvalue weighted by atomic mass is 9.84. The van der Waals surface area contributed by atoms with E-state index in [-0.39, 0.29) is 10.9 Å². The number of carbonyl (C=O) groups is 1. The molecule has 0 bridgehead atoms. The molecule has 2 aromatic carbocycles. The third-order valence-corrected chi connectivity index (χ3v) is 6.87. The molecule has 1 saturated heterocycles. The van der Waals surface area contributed by atoms with Crippen LogP contribution in [0, 0.1) is 12.8 Å². The Hall–Kier alpha value is -2.38. The van der Waals surface area contributed by atoms with Crippen LogP contribution in [0.1, 0.15) is 59.1 Å². The fraction of sp³-hybridized carbons (Fsp3) is 0.480. The number of nitrogens with zero attached hydrogens (tertiary/aromatic N) is 1. The lowest BCUT2D eigenvalue weighted by molar-refractivity contribution is -0.00465. The second-order valence-electron chi connectivity index (χ2n) is 9.28. The van der Waals surface area contributed by atoms with Gasteiger partial charge in [-0.1, -0.05) is 48.0 Å². The predicted octanol–water partition coefficient (Wildman–Crippen LogP) is 5.48. The molecule has 0 N–H and O–H groups in total. The minimum Gasteiger partial charge on any atom is -0.444 e. The molecule has 174 valence electrons. The van der Waals surface area contributed by atoms with Crippen LogP contribution in [0.2, 0.25) is 0 Å². The maximum atomic E-state index is 12.9. The van der Waals surface area contributed by atoms with Crippen LogP contribution in [-0.4, -0.2) is 37.6 Å². The van der Waals surface area contributed by atoms with Gasteiger partial charge in [0.15, 0.2) is 0 Å². The summed E-state index contributed by atoms with van der Waals surface area (Å²) in [4.78, 5) is 14.6. The number of hydrogen-bond acceptors (Lipinski definition) is 5. The molecule has 1 aliphatic rings. The summed E-state index contributed by atoms with van der Waals surface area (Å²) in [5, 5.41) is 0. The summed E-state index contributed by atoms with van der Waals surface area (Å²) in [6, 6.07) is 15.5. The third-order valence-electron chi connectivity index (χ3n) is 5.54. The van der Waals surface area contributed by atoms with E-state index in [0.29, 0.717) is 19.4 Å². The topological polar surface area (TPSA) is 72.9 Å². The van der Waals surface area contributed by atoms with Crippen LogP contribution >= 0.6 is 0 Å². The van der Waals surface area contributed by atoms with E-state index < -0.39 is 33.8 Å². The van der Waals surface area contributed by atoms with Crippen molar-refractivity contribution in [3.05, 3.63) is 65.7 Å². The summed E-state index contributed by atoms with van der Waals surface area (Å²) in [5.41, 5.74) is 1.21. The first-order valence-corrected chi connectivity index (χ1v) is 12.3. The number of amides is 1. The maximum absolute atomic E-state index is 12.9. The van der Waals surface area contributed by atoms with Crippen LogP contribution in [0.3, 0.4) is 0 Å². The Bertz CT molecular complexity index is 1060. The van der Waals surface area contributed by atoms with Crippen molar-refractivity contribution in [2.75, 3.05) is 6.54 Å². The van der Waals surface area contributed by atoms with Gasteiger partial charge in [-0.15, -0.1) is 0 Å². The van der Waals surface area contributed by atoms with E-state index in [1.54, 1.807) is 17.0 Å². The Morgan fingerprint density at radius 2 is 1.75 bits per heavy atom. The number of ether oxygens (including phenoxy) is 1. The van der Waals surface area contributed by atoms with Gasteiger partial charge in [-0.3, -0.25) is 4.18 Å². The summed E-state index contributed by atoms with van der Waals surface area (Å²) in [7, 11) is -4.11. The van der Waals surface area contributed by atoms with E-state index in [0.717, 1.165) is 11.1 Å². The van der Waals surface area contributed by atoms with Crippen LogP contribution in [0.25, 0.3) is 0 Å². The fourth-order valence-corrected chi connectivity index (χ4v) is 4.91. The summed E-state index contributed by atoms with van der Waals surface area (Å²) >= 11 is 0. The molecule has 2 aromatic rings. The monoisotopic (exact) mass is 460 g/mol. The van der Waals surface area contributed by atoms with Gasteiger partial charge in [-0.25, -0.2) is 4.79 Å². The molecule has 0 aromatic heterocycles. The average Bonchev–Trinajstić information content (AvgIpc) is 2.72. The Kier molecular flexibility index (Phi) is 6.86. The van der Waals surface area contributed by atoms with E-state index in [9.17, 15) is 13.2 Å². The quantitative estimate of drug-likeness (QED) is 0.553. The normalized spacial score (nSPS) is 22.0. The third kappa shape index (κ3) is 6.11. The van der Waals surface area contributed by atoms with Gasteiger partial charge in [0.2, 0.25) is 0 Å². The highest BCUT2D eigenvalue weighted by Crippen LogP contribution is 2.38. The Morgan fingerprint density at radius 1 is 1.12 bits per heavy atom. The molecule has 1 fully saturated rings. The van der Waals surface area contributed by atoms with Crippen molar-refractivity contribution >= 4 is 16.2 Å². The number of aryl methyl sites for hydroxylation is 1. The Balaban J connectivity index is 1.84. The van der Waals surface area contributed by atoms with Gasteiger partial charge >= 0.3 is 6.09 Å². The average molecular weight is 461 g/mol. The molecule has 0 radical (unpaired) electrons. The second kappa shape index (κ2) is 9.63. The highest BCUT2D eigenvalue weighted by Gasteiger charge is 2.38. The zero-order valence-corrected chi connectivity index (χ0v) is 20.2. The first kappa shape index (κ1) is 22.8. The lowest BCUT2D eigenvalue weighted by Gasteiger charge is -2.41. The van der Waals surface area contributed by atoms with Crippen LogP contribution in [0.5, 0.6) is 0 Å². The van der Waals surface area contributed by atoms with E-state index in [2.05, 4.69) is 0 Å². The number of rotatable bonds is 5. The zero-order valence-electron chi connectivity index (χ0n) is 20.4. The van der Waals surface area contributed by atoms with Crippen molar-refractivity contribution in [1.29, 1.82) is 0 Å². The molecule has 7 heteroatoms. The van der Waals surface area contributed by atoms with Crippen LogP contribution < -0.4 is 0 Å². The maximum Gasteiger partial charge on any atom is 0.410 e. The van der Waals surface area contributed by atoms with Crippen LogP contribution in [0.15, 0.2) is 59.5 Å². The smallest absolute Gasteiger partial charge is 0.410 e. The molecular formula is C25H33NO5S.